The van der Waals surface area contributed by atoms with Crippen LogP contribution in [0.15, 0.2) is 24.3 Å². The van der Waals surface area contributed by atoms with Gasteiger partial charge in [-0.25, -0.2) is 0 Å². The highest BCUT2D eigenvalue weighted by Gasteiger charge is 2.20. The Balaban J connectivity index is 1.77. The summed E-state index contributed by atoms with van der Waals surface area (Å²) in [6, 6.07) is 7.82. The summed E-state index contributed by atoms with van der Waals surface area (Å²) in [7, 11) is 1.67. The van der Waals surface area contributed by atoms with Gasteiger partial charge in [-0.05, 0) is 19.1 Å². The molecule has 5 nitrogen and oxygen atoms in total. The first kappa shape index (κ1) is 16.8. The van der Waals surface area contributed by atoms with Crippen molar-refractivity contribution in [1.29, 1.82) is 0 Å². The fourth-order valence-corrected chi connectivity index (χ4v) is 3.21. The van der Waals surface area contributed by atoms with Crippen molar-refractivity contribution in [2.75, 3.05) is 37.0 Å². The van der Waals surface area contributed by atoms with Gasteiger partial charge in [0.15, 0.2) is 0 Å². The van der Waals surface area contributed by atoms with E-state index in [1.165, 1.54) is 4.90 Å². The van der Waals surface area contributed by atoms with Crippen molar-refractivity contribution in [2.24, 2.45) is 0 Å². The normalized spacial score (nSPS) is 17.8. The van der Waals surface area contributed by atoms with E-state index in [9.17, 15) is 9.59 Å². The van der Waals surface area contributed by atoms with Crippen LogP contribution in [0.1, 0.15) is 12.0 Å². The van der Waals surface area contributed by atoms with Crippen molar-refractivity contribution >= 4 is 29.3 Å². The Hall–Kier alpha value is -1.53. The Bertz CT molecular complexity index is 513. The van der Waals surface area contributed by atoms with Gasteiger partial charge in [0.25, 0.3) is 0 Å². The summed E-state index contributed by atoms with van der Waals surface area (Å²) in [6.45, 7) is 3.02. The van der Waals surface area contributed by atoms with Gasteiger partial charge >= 0.3 is 0 Å². The molecule has 0 spiro atoms. The minimum Gasteiger partial charge on any atom is -0.336 e. The standard InChI is InChI=1S/C16H23N3O2S/c1-12-3-5-13(6-4-12)18-15(20)10-19(2)16(21)9-14-11-22-8-7-17-14/h3-6,14,17H,7-11H2,1-2H3,(H,18,20). The summed E-state index contributed by atoms with van der Waals surface area (Å²) < 4.78 is 0. The molecular formula is C16H23N3O2S. The Morgan fingerprint density at radius 3 is 2.73 bits per heavy atom. The van der Waals surface area contributed by atoms with Crippen LogP contribution in [0.3, 0.4) is 0 Å². The third kappa shape index (κ3) is 5.35. The van der Waals surface area contributed by atoms with Gasteiger partial charge in [-0.1, -0.05) is 17.7 Å². The third-order valence-electron chi connectivity index (χ3n) is 3.56. The molecule has 0 saturated carbocycles. The number of carbonyl (C=O) groups is 2. The Kier molecular flexibility index (Phi) is 6.27. The zero-order chi connectivity index (χ0) is 15.9. The molecule has 6 heteroatoms. The van der Waals surface area contributed by atoms with Crippen LogP contribution in [0, 0.1) is 6.92 Å². The Morgan fingerprint density at radius 1 is 1.36 bits per heavy atom. The molecule has 0 bridgehead atoms. The highest BCUT2D eigenvalue weighted by atomic mass is 32.2. The van der Waals surface area contributed by atoms with Gasteiger partial charge in [0.1, 0.15) is 0 Å². The molecule has 1 aliphatic heterocycles. The first-order chi connectivity index (χ1) is 10.5. The smallest absolute Gasteiger partial charge is 0.243 e. The van der Waals surface area contributed by atoms with E-state index in [1.54, 1.807) is 7.05 Å². The number of hydrogen-bond donors (Lipinski definition) is 2. The molecule has 1 aromatic carbocycles. The fourth-order valence-electron chi connectivity index (χ4n) is 2.26. The summed E-state index contributed by atoms with van der Waals surface area (Å²) >= 11 is 1.86. The lowest BCUT2D eigenvalue weighted by atomic mass is 10.2. The van der Waals surface area contributed by atoms with Crippen molar-refractivity contribution < 1.29 is 9.59 Å². The molecule has 1 heterocycles. The summed E-state index contributed by atoms with van der Waals surface area (Å²) in [5.41, 5.74) is 1.89. The number of nitrogens with zero attached hydrogens (tertiary/aromatic N) is 1. The van der Waals surface area contributed by atoms with Crippen LogP contribution in [0.2, 0.25) is 0 Å². The Morgan fingerprint density at radius 2 is 2.09 bits per heavy atom. The van der Waals surface area contributed by atoms with E-state index < -0.39 is 0 Å². The van der Waals surface area contributed by atoms with Crippen LogP contribution in [-0.4, -0.2) is 54.4 Å². The molecule has 1 saturated heterocycles. The molecule has 0 aliphatic carbocycles. The van der Waals surface area contributed by atoms with E-state index in [0.717, 1.165) is 29.3 Å². The molecule has 2 amide bonds. The van der Waals surface area contributed by atoms with Crippen LogP contribution in [0.5, 0.6) is 0 Å². The van der Waals surface area contributed by atoms with Crippen LogP contribution >= 0.6 is 11.8 Å². The average molecular weight is 321 g/mol. The molecular weight excluding hydrogens is 298 g/mol. The van der Waals surface area contributed by atoms with Crippen molar-refractivity contribution in [3.05, 3.63) is 29.8 Å². The van der Waals surface area contributed by atoms with Crippen LogP contribution < -0.4 is 10.6 Å². The largest absolute Gasteiger partial charge is 0.336 e. The lowest BCUT2D eigenvalue weighted by Gasteiger charge is -2.25. The number of aryl methyl sites for hydroxylation is 1. The predicted octanol–water partition coefficient (Wildman–Crippen LogP) is 1.49. The zero-order valence-electron chi connectivity index (χ0n) is 13.1. The average Bonchev–Trinajstić information content (AvgIpc) is 2.50. The first-order valence-corrected chi connectivity index (χ1v) is 8.61. The lowest BCUT2D eigenvalue weighted by molar-refractivity contribution is -0.133. The first-order valence-electron chi connectivity index (χ1n) is 7.46. The molecule has 0 aromatic heterocycles. The van der Waals surface area contributed by atoms with E-state index in [-0.39, 0.29) is 24.4 Å². The second-order valence-electron chi connectivity index (χ2n) is 5.59. The lowest BCUT2D eigenvalue weighted by Crippen LogP contribution is -2.43. The molecule has 22 heavy (non-hydrogen) atoms. The summed E-state index contributed by atoms with van der Waals surface area (Å²) in [5.74, 6) is 1.87. The zero-order valence-corrected chi connectivity index (χ0v) is 13.9. The maximum absolute atomic E-state index is 12.1. The molecule has 1 unspecified atom stereocenters. The summed E-state index contributed by atoms with van der Waals surface area (Å²) in [5, 5.41) is 6.14. The van der Waals surface area contributed by atoms with E-state index in [4.69, 9.17) is 0 Å². The predicted molar refractivity (Wildman–Crippen MR) is 91.2 cm³/mol. The molecule has 1 atom stereocenters. The molecule has 1 aromatic rings. The highest BCUT2D eigenvalue weighted by molar-refractivity contribution is 7.99. The van der Waals surface area contributed by atoms with Gasteiger partial charge < -0.3 is 15.5 Å². The number of rotatable bonds is 5. The van der Waals surface area contributed by atoms with Crippen molar-refractivity contribution in [2.45, 2.75) is 19.4 Å². The van der Waals surface area contributed by atoms with Crippen LogP contribution in [0.25, 0.3) is 0 Å². The van der Waals surface area contributed by atoms with Crippen molar-refractivity contribution in [1.82, 2.24) is 10.2 Å². The topological polar surface area (TPSA) is 61.4 Å². The molecule has 2 rings (SSSR count). The van der Waals surface area contributed by atoms with E-state index in [1.807, 2.05) is 43.0 Å². The number of likely N-dealkylation sites (N-methyl/N-ethyl adjacent to an activating group) is 1. The van der Waals surface area contributed by atoms with Crippen molar-refractivity contribution in [3.8, 4) is 0 Å². The monoisotopic (exact) mass is 321 g/mol. The highest BCUT2D eigenvalue weighted by Crippen LogP contribution is 2.11. The molecule has 1 aliphatic rings. The number of anilines is 1. The maximum atomic E-state index is 12.1. The van der Waals surface area contributed by atoms with E-state index in [0.29, 0.717) is 6.42 Å². The quantitative estimate of drug-likeness (QED) is 0.862. The molecule has 120 valence electrons. The molecule has 0 radical (unpaired) electrons. The maximum Gasteiger partial charge on any atom is 0.243 e. The van der Waals surface area contributed by atoms with E-state index >= 15 is 0 Å². The van der Waals surface area contributed by atoms with Crippen LogP contribution in [0.4, 0.5) is 5.69 Å². The number of hydrogen-bond acceptors (Lipinski definition) is 4. The van der Waals surface area contributed by atoms with Gasteiger partial charge in [0.05, 0.1) is 6.54 Å². The molecule has 1 fully saturated rings. The number of carbonyl (C=O) groups excluding carboxylic acids is 2. The van der Waals surface area contributed by atoms with E-state index in [2.05, 4.69) is 10.6 Å². The SMILES string of the molecule is Cc1ccc(NC(=O)CN(C)C(=O)CC2CSCCN2)cc1. The fraction of sp³-hybridized carbons (Fsp3) is 0.500. The van der Waals surface area contributed by atoms with Crippen molar-refractivity contribution in [3.63, 3.8) is 0 Å². The minimum atomic E-state index is -0.175. The minimum absolute atomic E-state index is 0.000874. The molecule has 2 N–H and O–H groups in total. The Labute approximate surface area is 135 Å². The third-order valence-corrected chi connectivity index (χ3v) is 4.69. The van der Waals surface area contributed by atoms with Gasteiger partial charge in [0.2, 0.25) is 11.8 Å². The van der Waals surface area contributed by atoms with Crippen LogP contribution in [-0.2, 0) is 9.59 Å². The van der Waals surface area contributed by atoms with Gasteiger partial charge in [-0.2, -0.15) is 11.8 Å². The number of nitrogens with one attached hydrogen (secondary N) is 2. The number of thioether (sulfide) groups is 1. The second-order valence-corrected chi connectivity index (χ2v) is 6.74. The number of amides is 2. The summed E-state index contributed by atoms with van der Waals surface area (Å²) in [4.78, 5) is 25.6. The van der Waals surface area contributed by atoms with Gasteiger partial charge in [0, 0.05) is 43.2 Å². The second kappa shape index (κ2) is 8.19. The summed E-state index contributed by atoms with van der Waals surface area (Å²) in [6.07, 6.45) is 0.446. The number of benzene rings is 1. The van der Waals surface area contributed by atoms with Gasteiger partial charge in [-0.3, -0.25) is 9.59 Å². The van der Waals surface area contributed by atoms with Gasteiger partial charge in [-0.15, -0.1) is 0 Å².